The van der Waals surface area contributed by atoms with Crippen molar-refractivity contribution >= 4 is 23.2 Å². The molecule has 2 N–H and O–H groups in total. The SMILES string of the molecule is Cc1c(Cl)cccc1N1CC(=O)N(C)C(CN)C1. The number of hydrogen-bond acceptors (Lipinski definition) is 3. The standard InChI is InChI=1S/C13H18ClN3O/c1-9-11(14)4-3-5-12(9)17-7-10(6-15)16(2)13(18)8-17/h3-5,10H,6-8,15H2,1-2H3. The highest BCUT2D eigenvalue weighted by Gasteiger charge is 2.29. The van der Waals surface area contributed by atoms with Crippen LogP contribution in [0.1, 0.15) is 5.56 Å². The summed E-state index contributed by atoms with van der Waals surface area (Å²) in [6, 6.07) is 5.82. The highest BCUT2D eigenvalue weighted by atomic mass is 35.5. The van der Waals surface area contributed by atoms with E-state index in [1.165, 1.54) is 0 Å². The van der Waals surface area contributed by atoms with Crippen LogP contribution in [0.2, 0.25) is 5.02 Å². The molecule has 4 nitrogen and oxygen atoms in total. The predicted octanol–water partition coefficient (Wildman–Crippen LogP) is 1.25. The van der Waals surface area contributed by atoms with E-state index in [-0.39, 0.29) is 11.9 Å². The average molecular weight is 268 g/mol. The van der Waals surface area contributed by atoms with Crippen molar-refractivity contribution in [1.29, 1.82) is 0 Å². The van der Waals surface area contributed by atoms with E-state index in [4.69, 9.17) is 17.3 Å². The molecule has 1 saturated heterocycles. The summed E-state index contributed by atoms with van der Waals surface area (Å²) in [4.78, 5) is 15.7. The zero-order chi connectivity index (χ0) is 13.3. The van der Waals surface area contributed by atoms with Crippen LogP contribution in [0.15, 0.2) is 18.2 Å². The number of anilines is 1. The smallest absolute Gasteiger partial charge is 0.242 e. The van der Waals surface area contributed by atoms with Crippen molar-refractivity contribution in [1.82, 2.24) is 4.90 Å². The molecule has 1 fully saturated rings. The first-order valence-electron chi connectivity index (χ1n) is 6.00. The topological polar surface area (TPSA) is 49.6 Å². The Hall–Kier alpha value is -1.26. The number of amides is 1. The van der Waals surface area contributed by atoms with E-state index >= 15 is 0 Å². The van der Waals surface area contributed by atoms with Crippen LogP contribution in [-0.2, 0) is 4.79 Å². The number of hydrogen-bond donors (Lipinski definition) is 1. The third kappa shape index (κ3) is 2.31. The summed E-state index contributed by atoms with van der Waals surface area (Å²) in [6.45, 7) is 3.57. The predicted molar refractivity (Wildman–Crippen MR) is 74.0 cm³/mol. The number of rotatable bonds is 2. The first-order valence-corrected chi connectivity index (χ1v) is 6.38. The first kappa shape index (κ1) is 13.2. The number of halogens is 1. The van der Waals surface area contributed by atoms with Crippen molar-refractivity contribution < 1.29 is 4.79 Å². The van der Waals surface area contributed by atoms with Gasteiger partial charge in [0.2, 0.25) is 5.91 Å². The molecule has 0 spiro atoms. The van der Waals surface area contributed by atoms with Gasteiger partial charge in [-0.2, -0.15) is 0 Å². The molecule has 1 aliphatic heterocycles. The van der Waals surface area contributed by atoms with Crippen molar-refractivity contribution in [2.45, 2.75) is 13.0 Å². The Morgan fingerprint density at radius 3 is 2.89 bits per heavy atom. The fraction of sp³-hybridized carbons (Fsp3) is 0.462. The van der Waals surface area contributed by atoms with Gasteiger partial charge in [-0.15, -0.1) is 0 Å². The Morgan fingerprint density at radius 2 is 2.22 bits per heavy atom. The lowest BCUT2D eigenvalue weighted by molar-refractivity contribution is -0.131. The number of likely N-dealkylation sites (N-methyl/N-ethyl adjacent to an activating group) is 1. The summed E-state index contributed by atoms with van der Waals surface area (Å²) >= 11 is 6.12. The normalized spacial score (nSPS) is 20.4. The molecule has 1 amide bonds. The Morgan fingerprint density at radius 1 is 1.50 bits per heavy atom. The zero-order valence-electron chi connectivity index (χ0n) is 10.7. The molecule has 2 rings (SSSR count). The molecule has 1 aromatic carbocycles. The molecule has 0 radical (unpaired) electrons. The van der Waals surface area contributed by atoms with Crippen LogP contribution in [0.4, 0.5) is 5.69 Å². The van der Waals surface area contributed by atoms with Gasteiger partial charge in [0.15, 0.2) is 0 Å². The summed E-state index contributed by atoms with van der Waals surface area (Å²) in [5.41, 5.74) is 7.74. The highest BCUT2D eigenvalue weighted by molar-refractivity contribution is 6.31. The van der Waals surface area contributed by atoms with Crippen LogP contribution >= 0.6 is 11.6 Å². The van der Waals surface area contributed by atoms with Crippen LogP contribution in [0, 0.1) is 6.92 Å². The van der Waals surface area contributed by atoms with Gasteiger partial charge in [-0.3, -0.25) is 4.79 Å². The number of nitrogens with two attached hydrogens (primary N) is 1. The average Bonchev–Trinajstić information content (AvgIpc) is 2.36. The monoisotopic (exact) mass is 267 g/mol. The molecule has 1 aromatic rings. The molecule has 0 aromatic heterocycles. The fourth-order valence-corrected chi connectivity index (χ4v) is 2.44. The van der Waals surface area contributed by atoms with E-state index in [9.17, 15) is 4.79 Å². The molecule has 0 saturated carbocycles. The van der Waals surface area contributed by atoms with Gasteiger partial charge in [0.05, 0.1) is 12.6 Å². The molecule has 5 heteroatoms. The number of piperazine rings is 1. The van der Waals surface area contributed by atoms with Crippen LogP contribution < -0.4 is 10.6 Å². The molecule has 1 heterocycles. The third-order valence-corrected chi connectivity index (χ3v) is 3.96. The van der Waals surface area contributed by atoms with Gasteiger partial charge in [0.25, 0.3) is 0 Å². The summed E-state index contributed by atoms with van der Waals surface area (Å²) in [5, 5.41) is 0.725. The van der Waals surface area contributed by atoms with Gasteiger partial charge in [-0.25, -0.2) is 0 Å². The molecule has 0 bridgehead atoms. The Balaban J connectivity index is 2.29. The van der Waals surface area contributed by atoms with Gasteiger partial charge in [0, 0.05) is 30.8 Å². The first-order chi connectivity index (χ1) is 8.54. The molecule has 1 atom stereocenters. The zero-order valence-corrected chi connectivity index (χ0v) is 11.4. The number of benzene rings is 1. The van der Waals surface area contributed by atoms with Crippen molar-refractivity contribution in [2.24, 2.45) is 5.73 Å². The molecular weight excluding hydrogens is 250 g/mol. The molecule has 1 aliphatic rings. The van der Waals surface area contributed by atoms with Gasteiger partial charge in [-0.05, 0) is 24.6 Å². The van der Waals surface area contributed by atoms with Crippen molar-refractivity contribution in [3.63, 3.8) is 0 Å². The van der Waals surface area contributed by atoms with Gasteiger partial charge < -0.3 is 15.5 Å². The van der Waals surface area contributed by atoms with Gasteiger partial charge >= 0.3 is 0 Å². The van der Waals surface area contributed by atoms with Crippen molar-refractivity contribution in [3.05, 3.63) is 28.8 Å². The maximum Gasteiger partial charge on any atom is 0.242 e. The maximum absolute atomic E-state index is 11.9. The maximum atomic E-state index is 11.9. The third-order valence-electron chi connectivity index (χ3n) is 3.55. The fourth-order valence-electron chi connectivity index (χ4n) is 2.27. The van der Waals surface area contributed by atoms with Crippen molar-refractivity contribution in [2.75, 3.05) is 31.6 Å². The summed E-state index contributed by atoms with van der Waals surface area (Å²) < 4.78 is 0. The molecule has 98 valence electrons. The summed E-state index contributed by atoms with van der Waals surface area (Å²) in [5.74, 6) is 0.0936. The van der Waals surface area contributed by atoms with E-state index in [0.29, 0.717) is 13.1 Å². The molecule has 1 unspecified atom stereocenters. The minimum atomic E-state index is 0.0598. The second kappa shape index (κ2) is 5.16. The van der Waals surface area contributed by atoms with E-state index in [2.05, 4.69) is 4.90 Å². The number of carbonyl (C=O) groups excluding carboxylic acids is 1. The minimum absolute atomic E-state index is 0.0598. The van der Waals surface area contributed by atoms with Crippen LogP contribution in [0.3, 0.4) is 0 Å². The van der Waals surface area contributed by atoms with Gasteiger partial charge in [0.1, 0.15) is 0 Å². The Bertz CT molecular complexity index is 464. The molecular formula is C13H18ClN3O. The summed E-state index contributed by atoms with van der Waals surface area (Å²) in [7, 11) is 1.81. The number of nitrogens with zero attached hydrogens (tertiary/aromatic N) is 2. The Labute approximate surface area is 112 Å². The number of carbonyl (C=O) groups is 1. The van der Waals surface area contributed by atoms with Crippen LogP contribution in [0.5, 0.6) is 0 Å². The second-order valence-corrected chi connectivity index (χ2v) is 5.07. The van der Waals surface area contributed by atoms with E-state index in [0.717, 1.165) is 22.8 Å². The van der Waals surface area contributed by atoms with E-state index in [1.54, 1.807) is 4.90 Å². The van der Waals surface area contributed by atoms with Crippen LogP contribution in [-0.4, -0.2) is 43.5 Å². The lowest BCUT2D eigenvalue weighted by atomic mass is 10.1. The second-order valence-electron chi connectivity index (χ2n) is 4.66. The van der Waals surface area contributed by atoms with Crippen LogP contribution in [0.25, 0.3) is 0 Å². The van der Waals surface area contributed by atoms with Crippen molar-refractivity contribution in [3.8, 4) is 0 Å². The largest absolute Gasteiger partial charge is 0.360 e. The highest BCUT2D eigenvalue weighted by Crippen LogP contribution is 2.28. The minimum Gasteiger partial charge on any atom is -0.360 e. The summed E-state index contributed by atoms with van der Waals surface area (Å²) in [6.07, 6.45) is 0. The Kier molecular flexibility index (Phi) is 3.78. The van der Waals surface area contributed by atoms with E-state index < -0.39 is 0 Å². The molecule has 0 aliphatic carbocycles. The molecule has 18 heavy (non-hydrogen) atoms. The lowest BCUT2D eigenvalue weighted by Crippen LogP contribution is -2.57. The van der Waals surface area contributed by atoms with E-state index in [1.807, 2.05) is 32.2 Å². The van der Waals surface area contributed by atoms with Gasteiger partial charge in [-0.1, -0.05) is 17.7 Å². The quantitative estimate of drug-likeness (QED) is 0.878. The lowest BCUT2D eigenvalue weighted by Gasteiger charge is -2.40.